The average molecular weight is 354 g/mol. The molecule has 134 valence electrons. The quantitative estimate of drug-likeness (QED) is 0.432. The molecule has 2 aromatic rings. The first kappa shape index (κ1) is 19.1. The molecular formula is C21H19FO4. The van der Waals surface area contributed by atoms with Gasteiger partial charge < -0.3 is 9.47 Å². The molecule has 0 unspecified atom stereocenters. The third-order valence-electron chi connectivity index (χ3n) is 3.48. The van der Waals surface area contributed by atoms with Crippen LogP contribution in [0.4, 0.5) is 4.39 Å². The van der Waals surface area contributed by atoms with Crippen molar-refractivity contribution in [2.24, 2.45) is 0 Å². The number of ether oxygens (including phenoxy) is 2. The van der Waals surface area contributed by atoms with Crippen LogP contribution < -0.4 is 4.74 Å². The van der Waals surface area contributed by atoms with Gasteiger partial charge in [-0.15, -0.1) is 0 Å². The minimum Gasteiger partial charge on any atom is -0.457 e. The highest BCUT2D eigenvalue weighted by Crippen LogP contribution is 2.26. The first-order valence-corrected chi connectivity index (χ1v) is 7.87. The highest BCUT2D eigenvalue weighted by atomic mass is 19.1. The van der Waals surface area contributed by atoms with E-state index < -0.39 is 17.8 Å². The van der Waals surface area contributed by atoms with Crippen molar-refractivity contribution >= 4 is 11.9 Å². The van der Waals surface area contributed by atoms with Crippen LogP contribution in [0.25, 0.3) is 11.1 Å². The Hall–Kier alpha value is -3.21. The van der Waals surface area contributed by atoms with Crippen LogP contribution in [0.5, 0.6) is 5.75 Å². The monoisotopic (exact) mass is 354 g/mol. The van der Waals surface area contributed by atoms with E-state index in [0.717, 1.165) is 0 Å². The van der Waals surface area contributed by atoms with Gasteiger partial charge in [-0.3, -0.25) is 0 Å². The van der Waals surface area contributed by atoms with E-state index in [-0.39, 0.29) is 12.2 Å². The SMILES string of the molecule is C=C(C)C(=O)OCc1ccc(-c2ccc(OC(=O)C(=C)C)cc2)c(F)c1. The maximum atomic E-state index is 14.4. The van der Waals surface area contributed by atoms with Gasteiger partial charge in [-0.05, 0) is 43.2 Å². The lowest BCUT2D eigenvalue weighted by Gasteiger charge is -2.09. The molecule has 0 spiro atoms. The van der Waals surface area contributed by atoms with Gasteiger partial charge >= 0.3 is 11.9 Å². The van der Waals surface area contributed by atoms with E-state index in [4.69, 9.17) is 9.47 Å². The molecule has 0 aliphatic heterocycles. The van der Waals surface area contributed by atoms with Crippen molar-refractivity contribution in [1.29, 1.82) is 0 Å². The van der Waals surface area contributed by atoms with Crippen LogP contribution in [0.3, 0.4) is 0 Å². The molecule has 0 aromatic heterocycles. The fraction of sp³-hybridized carbons (Fsp3) is 0.143. The van der Waals surface area contributed by atoms with Crippen molar-refractivity contribution in [3.63, 3.8) is 0 Å². The summed E-state index contributed by atoms with van der Waals surface area (Å²) in [5.41, 5.74) is 2.13. The zero-order chi connectivity index (χ0) is 19.3. The lowest BCUT2D eigenvalue weighted by atomic mass is 10.0. The van der Waals surface area contributed by atoms with E-state index in [9.17, 15) is 14.0 Å². The fourth-order valence-corrected chi connectivity index (χ4v) is 2.05. The Morgan fingerprint density at radius 3 is 2.12 bits per heavy atom. The topological polar surface area (TPSA) is 52.6 Å². The fourth-order valence-electron chi connectivity index (χ4n) is 2.05. The van der Waals surface area contributed by atoms with E-state index in [1.165, 1.54) is 6.07 Å². The van der Waals surface area contributed by atoms with Gasteiger partial charge in [-0.25, -0.2) is 14.0 Å². The van der Waals surface area contributed by atoms with Gasteiger partial charge in [0, 0.05) is 16.7 Å². The molecule has 0 atom stereocenters. The third-order valence-corrected chi connectivity index (χ3v) is 3.48. The molecule has 0 aliphatic carbocycles. The summed E-state index contributed by atoms with van der Waals surface area (Å²) in [4.78, 5) is 22.9. The van der Waals surface area contributed by atoms with Crippen molar-refractivity contribution in [3.8, 4) is 16.9 Å². The van der Waals surface area contributed by atoms with Gasteiger partial charge in [-0.2, -0.15) is 0 Å². The highest BCUT2D eigenvalue weighted by Gasteiger charge is 2.10. The molecule has 2 aromatic carbocycles. The maximum Gasteiger partial charge on any atom is 0.338 e. The van der Waals surface area contributed by atoms with E-state index in [2.05, 4.69) is 13.2 Å². The molecule has 0 bridgehead atoms. The predicted molar refractivity (Wildman–Crippen MR) is 96.9 cm³/mol. The molecular weight excluding hydrogens is 335 g/mol. The van der Waals surface area contributed by atoms with E-state index in [0.29, 0.717) is 28.0 Å². The lowest BCUT2D eigenvalue weighted by molar-refractivity contribution is -0.140. The van der Waals surface area contributed by atoms with Gasteiger partial charge in [0.05, 0.1) is 0 Å². The maximum absolute atomic E-state index is 14.4. The highest BCUT2D eigenvalue weighted by molar-refractivity contribution is 5.89. The van der Waals surface area contributed by atoms with Crippen LogP contribution in [-0.2, 0) is 20.9 Å². The molecule has 0 amide bonds. The van der Waals surface area contributed by atoms with E-state index >= 15 is 0 Å². The number of carbonyl (C=O) groups excluding carboxylic acids is 2. The minimum absolute atomic E-state index is 0.0291. The standard InChI is InChI=1S/C21H19FO4/c1-13(2)20(23)25-12-15-5-10-18(19(22)11-15)16-6-8-17(9-7-16)26-21(24)14(3)4/h5-11H,1,3,12H2,2,4H3. The molecule has 26 heavy (non-hydrogen) atoms. The summed E-state index contributed by atoms with van der Waals surface area (Å²) in [6.45, 7) is 10.1. The Morgan fingerprint density at radius 1 is 0.962 bits per heavy atom. The van der Waals surface area contributed by atoms with Crippen molar-refractivity contribution in [2.45, 2.75) is 20.5 Å². The number of rotatable bonds is 6. The zero-order valence-electron chi connectivity index (χ0n) is 14.7. The average Bonchev–Trinajstić information content (AvgIpc) is 2.60. The smallest absolute Gasteiger partial charge is 0.338 e. The van der Waals surface area contributed by atoms with Gasteiger partial charge in [0.15, 0.2) is 0 Å². The zero-order valence-corrected chi connectivity index (χ0v) is 14.7. The Morgan fingerprint density at radius 2 is 1.58 bits per heavy atom. The summed E-state index contributed by atoms with van der Waals surface area (Å²) in [7, 11) is 0. The first-order chi connectivity index (χ1) is 12.3. The second-order valence-corrected chi connectivity index (χ2v) is 5.86. The number of carbonyl (C=O) groups is 2. The second-order valence-electron chi connectivity index (χ2n) is 5.86. The van der Waals surface area contributed by atoms with Gasteiger partial charge in [0.2, 0.25) is 0 Å². The molecule has 0 saturated carbocycles. The van der Waals surface area contributed by atoms with Gasteiger partial charge in [0.1, 0.15) is 18.2 Å². The molecule has 2 rings (SSSR count). The minimum atomic E-state index is -0.519. The van der Waals surface area contributed by atoms with Crippen LogP contribution >= 0.6 is 0 Å². The summed E-state index contributed by atoms with van der Waals surface area (Å²) in [6.07, 6.45) is 0. The lowest BCUT2D eigenvalue weighted by Crippen LogP contribution is -2.07. The van der Waals surface area contributed by atoms with Crippen molar-refractivity contribution < 1.29 is 23.5 Å². The van der Waals surface area contributed by atoms with Gasteiger partial charge in [-0.1, -0.05) is 37.4 Å². The van der Waals surface area contributed by atoms with Crippen LogP contribution in [0, 0.1) is 5.82 Å². The number of esters is 2. The molecule has 4 nitrogen and oxygen atoms in total. The molecule has 0 saturated heterocycles. The molecule has 0 N–H and O–H groups in total. The Labute approximate surface area is 151 Å². The third kappa shape index (κ3) is 4.89. The number of halogens is 1. The summed E-state index contributed by atoms with van der Waals surface area (Å²) in [5.74, 6) is -1.13. The molecule has 0 radical (unpaired) electrons. The molecule has 0 aliphatic rings. The Bertz CT molecular complexity index is 866. The second kappa shape index (κ2) is 8.25. The molecule has 5 heteroatoms. The number of benzene rings is 2. The van der Waals surface area contributed by atoms with Crippen molar-refractivity contribution in [1.82, 2.24) is 0 Å². The predicted octanol–water partition coefficient (Wildman–Crippen LogP) is 4.59. The van der Waals surface area contributed by atoms with E-state index in [1.807, 2.05) is 0 Å². The van der Waals surface area contributed by atoms with Crippen LogP contribution in [0.15, 0.2) is 66.8 Å². The van der Waals surface area contributed by atoms with Crippen LogP contribution in [0.1, 0.15) is 19.4 Å². The summed E-state index contributed by atoms with van der Waals surface area (Å²) < 4.78 is 24.5. The number of hydrogen-bond donors (Lipinski definition) is 0. The first-order valence-electron chi connectivity index (χ1n) is 7.87. The molecule has 0 fully saturated rings. The molecule has 0 heterocycles. The van der Waals surface area contributed by atoms with Crippen LogP contribution in [0.2, 0.25) is 0 Å². The normalized spacial score (nSPS) is 10.1. The Kier molecular flexibility index (Phi) is 6.07. The summed E-state index contributed by atoms with van der Waals surface area (Å²) in [6, 6.07) is 11.1. The largest absolute Gasteiger partial charge is 0.457 e. The van der Waals surface area contributed by atoms with Crippen molar-refractivity contribution in [3.05, 3.63) is 78.1 Å². The summed E-state index contributed by atoms with van der Waals surface area (Å²) >= 11 is 0. The van der Waals surface area contributed by atoms with Crippen molar-refractivity contribution in [2.75, 3.05) is 0 Å². The Balaban J connectivity index is 2.11. The van der Waals surface area contributed by atoms with Crippen LogP contribution in [-0.4, -0.2) is 11.9 Å². The van der Waals surface area contributed by atoms with Gasteiger partial charge in [0.25, 0.3) is 0 Å². The van der Waals surface area contributed by atoms with E-state index in [1.54, 1.807) is 50.2 Å². The number of hydrogen-bond acceptors (Lipinski definition) is 4. The summed E-state index contributed by atoms with van der Waals surface area (Å²) in [5, 5.41) is 0.